The molecule has 106 valence electrons. The van der Waals surface area contributed by atoms with E-state index in [1.807, 2.05) is 29.2 Å². The number of carbonyl (C=O) groups is 1. The SMILES string of the molecule is COCc1ccc(C(=O)N2CCC(N)CC2)cc1.Cl. The van der Waals surface area contributed by atoms with E-state index in [9.17, 15) is 4.79 Å². The van der Waals surface area contributed by atoms with Crippen LogP contribution in [0.2, 0.25) is 0 Å². The minimum atomic E-state index is 0. The summed E-state index contributed by atoms with van der Waals surface area (Å²) in [4.78, 5) is 14.1. The number of amides is 1. The highest BCUT2D eigenvalue weighted by atomic mass is 35.5. The number of methoxy groups -OCH3 is 1. The Balaban J connectivity index is 0.00000180. The van der Waals surface area contributed by atoms with Crippen molar-refractivity contribution in [1.82, 2.24) is 4.90 Å². The van der Waals surface area contributed by atoms with E-state index in [1.165, 1.54) is 0 Å². The maximum atomic E-state index is 12.2. The van der Waals surface area contributed by atoms with Crippen molar-refractivity contribution < 1.29 is 9.53 Å². The zero-order valence-corrected chi connectivity index (χ0v) is 12.0. The minimum Gasteiger partial charge on any atom is -0.380 e. The van der Waals surface area contributed by atoms with Gasteiger partial charge in [0, 0.05) is 31.8 Å². The van der Waals surface area contributed by atoms with Gasteiger partial charge in [-0.1, -0.05) is 12.1 Å². The second-order valence-corrected chi connectivity index (χ2v) is 4.76. The van der Waals surface area contributed by atoms with Crippen LogP contribution in [0.5, 0.6) is 0 Å². The number of nitrogens with two attached hydrogens (primary N) is 1. The topological polar surface area (TPSA) is 55.6 Å². The molecular formula is C14H21ClN2O2. The molecule has 1 aromatic carbocycles. The second-order valence-electron chi connectivity index (χ2n) is 4.76. The Kier molecular flexibility index (Phi) is 6.28. The van der Waals surface area contributed by atoms with Gasteiger partial charge in [0.1, 0.15) is 0 Å². The summed E-state index contributed by atoms with van der Waals surface area (Å²) in [6.45, 7) is 2.10. The van der Waals surface area contributed by atoms with Crippen molar-refractivity contribution in [1.29, 1.82) is 0 Å². The molecule has 1 aliphatic heterocycles. The third-order valence-electron chi connectivity index (χ3n) is 3.34. The zero-order chi connectivity index (χ0) is 13.0. The van der Waals surface area contributed by atoms with Crippen molar-refractivity contribution in [3.8, 4) is 0 Å². The first-order chi connectivity index (χ1) is 8.70. The highest BCUT2D eigenvalue weighted by Crippen LogP contribution is 2.13. The average molecular weight is 285 g/mol. The van der Waals surface area contributed by atoms with Gasteiger partial charge in [0.15, 0.2) is 0 Å². The van der Waals surface area contributed by atoms with Gasteiger partial charge in [-0.05, 0) is 30.5 Å². The monoisotopic (exact) mass is 284 g/mol. The molecule has 1 aromatic rings. The van der Waals surface area contributed by atoms with Gasteiger partial charge < -0.3 is 15.4 Å². The molecule has 0 unspecified atom stereocenters. The van der Waals surface area contributed by atoms with Crippen LogP contribution in [0.15, 0.2) is 24.3 Å². The number of rotatable bonds is 3. The van der Waals surface area contributed by atoms with Gasteiger partial charge in [0.2, 0.25) is 0 Å². The van der Waals surface area contributed by atoms with Crippen LogP contribution in [0.25, 0.3) is 0 Å². The number of piperidine rings is 1. The first kappa shape index (κ1) is 16.0. The summed E-state index contributed by atoms with van der Waals surface area (Å²) in [5.41, 5.74) is 7.66. The molecule has 0 aromatic heterocycles. The van der Waals surface area contributed by atoms with E-state index >= 15 is 0 Å². The van der Waals surface area contributed by atoms with E-state index in [4.69, 9.17) is 10.5 Å². The van der Waals surface area contributed by atoms with Crippen LogP contribution in [-0.4, -0.2) is 37.0 Å². The van der Waals surface area contributed by atoms with Crippen LogP contribution in [0.3, 0.4) is 0 Å². The smallest absolute Gasteiger partial charge is 0.253 e. The molecule has 1 amide bonds. The van der Waals surface area contributed by atoms with E-state index < -0.39 is 0 Å². The molecule has 0 radical (unpaired) electrons. The van der Waals surface area contributed by atoms with E-state index in [2.05, 4.69) is 0 Å². The normalized spacial score (nSPS) is 16.0. The average Bonchev–Trinajstić information content (AvgIpc) is 2.40. The predicted octanol–water partition coefficient (Wildman–Crippen LogP) is 1.82. The van der Waals surface area contributed by atoms with E-state index in [0.717, 1.165) is 37.1 Å². The standard InChI is InChI=1S/C14H20N2O2.ClH/c1-18-10-11-2-4-12(5-3-11)14(17)16-8-6-13(15)7-9-16;/h2-5,13H,6-10,15H2,1H3;1H. The summed E-state index contributed by atoms with van der Waals surface area (Å²) >= 11 is 0. The first-order valence-electron chi connectivity index (χ1n) is 6.33. The Labute approximate surface area is 120 Å². The fourth-order valence-electron chi connectivity index (χ4n) is 2.20. The van der Waals surface area contributed by atoms with Crippen LogP contribution >= 0.6 is 12.4 Å². The van der Waals surface area contributed by atoms with Gasteiger partial charge in [0.25, 0.3) is 5.91 Å². The molecule has 0 spiro atoms. The molecule has 1 heterocycles. The molecule has 1 saturated heterocycles. The number of hydrogen-bond donors (Lipinski definition) is 1. The van der Waals surface area contributed by atoms with Gasteiger partial charge in [-0.25, -0.2) is 0 Å². The number of carbonyl (C=O) groups excluding carboxylic acids is 1. The van der Waals surface area contributed by atoms with E-state index in [1.54, 1.807) is 7.11 Å². The molecule has 2 N–H and O–H groups in total. The molecule has 0 saturated carbocycles. The Bertz CT molecular complexity index is 400. The Morgan fingerprint density at radius 3 is 2.42 bits per heavy atom. The summed E-state index contributed by atoms with van der Waals surface area (Å²) in [5, 5.41) is 0. The lowest BCUT2D eigenvalue weighted by Gasteiger charge is -2.30. The van der Waals surface area contributed by atoms with Gasteiger partial charge in [-0.3, -0.25) is 4.79 Å². The second kappa shape index (κ2) is 7.48. The molecule has 5 heteroatoms. The van der Waals surface area contributed by atoms with Crippen molar-refractivity contribution in [2.75, 3.05) is 20.2 Å². The highest BCUT2D eigenvalue weighted by molar-refractivity contribution is 5.94. The summed E-state index contributed by atoms with van der Waals surface area (Å²) in [6.07, 6.45) is 1.79. The van der Waals surface area contributed by atoms with Crippen LogP contribution < -0.4 is 5.73 Å². The quantitative estimate of drug-likeness (QED) is 0.921. The maximum Gasteiger partial charge on any atom is 0.253 e. The molecule has 0 aliphatic carbocycles. The number of nitrogens with zero attached hydrogens (tertiary/aromatic N) is 1. The Morgan fingerprint density at radius 1 is 1.32 bits per heavy atom. The predicted molar refractivity (Wildman–Crippen MR) is 77.5 cm³/mol. The maximum absolute atomic E-state index is 12.2. The zero-order valence-electron chi connectivity index (χ0n) is 11.2. The lowest BCUT2D eigenvalue weighted by Crippen LogP contribution is -2.42. The third-order valence-corrected chi connectivity index (χ3v) is 3.34. The Hall–Kier alpha value is -1.10. The molecular weight excluding hydrogens is 264 g/mol. The van der Waals surface area contributed by atoms with Crippen LogP contribution in [0.4, 0.5) is 0 Å². The number of halogens is 1. The molecule has 2 rings (SSSR count). The van der Waals surface area contributed by atoms with E-state index in [0.29, 0.717) is 6.61 Å². The fraction of sp³-hybridized carbons (Fsp3) is 0.500. The molecule has 0 atom stereocenters. The third kappa shape index (κ3) is 4.20. The lowest BCUT2D eigenvalue weighted by atomic mass is 10.0. The number of likely N-dealkylation sites (tertiary alicyclic amines) is 1. The largest absolute Gasteiger partial charge is 0.380 e. The van der Waals surface area contributed by atoms with Gasteiger partial charge in [0.05, 0.1) is 6.61 Å². The van der Waals surface area contributed by atoms with E-state index in [-0.39, 0.29) is 24.4 Å². The summed E-state index contributed by atoms with van der Waals surface area (Å²) < 4.78 is 5.05. The van der Waals surface area contributed by atoms with Crippen LogP contribution in [0, 0.1) is 0 Å². The molecule has 4 nitrogen and oxygen atoms in total. The molecule has 19 heavy (non-hydrogen) atoms. The summed E-state index contributed by atoms with van der Waals surface area (Å²) in [7, 11) is 1.66. The van der Waals surface area contributed by atoms with Crippen molar-refractivity contribution >= 4 is 18.3 Å². The molecule has 0 bridgehead atoms. The van der Waals surface area contributed by atoms with Crippen molar-refractivity contribution in [2.45, 2.75) is 25.5 Å². The van der Waals surface area contributed by atoms with Gasteiger partial charge >= 0.3 is 0 Å². The highest BCUT2D eigenvalue weighted by Gasteiger charge is 2.21. The van der Waals surface area contributed by atoms with Gasteiger partial charge in [-0.2, -0.15) is 0 Å². The van der Waals surface area contributed by atoms with Crippen molar-refractivity contribution in [3.05, 3.63) is 35.4 Å². The van der Waals surface area contributed by atoms with Crippen LogP contribution in [-0.2, 0) is 11.3 Å². The number of hydrogen-bond acceptors (Lipinski definition) is 3. The van der Waals surface area contributed by atoms with Crippen molar-refractivity contribution in [2.24, 2.45) is 5.73 Å². The number of benzene rings is 1. The lowest BCUT2D eigenvalue weighted by molar-refractivity contribution is 0.0714. The van der Waals surface area contributed by atoms with Gasteiger partial charge in [-0.15, -0.1) is 12.4 Å². The molecule has 1 fully saturated rings. The Morgan fingerprint density at radius 2 is 1.89 bits per heavy atom. The van der Waals surface area contributed by atoms with Crippen molar-refractivity contribution in [3.63, 3.8) is 0 Å². The summed E-state index contributed by atoms with van der Waals surface area (Å²) in [6, 6.07) is 7.85. The van der Waals surface area contributed by atoms with Crippen LogP contribution in [0.1, 0.15) is 28.8 Å². The minimum absolute atomic E-state index is 0. The first-order valence-corrected chi connectivity index (χ1v) is 6.33. The number of ether oxygens (including phenoxy) is 1. The summed E-state index contributed by atoms with van der Waals surface area (Å²) in [5.74, 6) is 0.103. The molecule has 1 aliphatic rings. The fourth-order valence-corrected chi connectivity index (χ4v) is 2.20.